The van der Waals surface area contributed by atoms with Gasteiger partial charge in [0, 0.05) is 18.3 Å². The number of aryl methyl sites for hydroxylation is 1. The molecule has 0 aliphatic heterocycles. The van der Waals surface area contributed by atoms with E-state index in [9.17, 15) is 0 Å². The van der Waals surface area contributed by atoms with Crippen LogP contribution in [-0.4, -0.2) is 15.3 Å². The fraction of sp³-hybridized carbons (Fsp3) is 0.727. The molecule has 0 saturated heterocycles. The highest BCUT2D eigenvalue weighted by Crippen LogP contribution is 2.30. The van der Waals surface area contributed by atoms with Gasteiger partial charge in [0.1, 0.15) is 0 Å². The summed E-state index contributed by atoms with van der Waals surface area (Å²) in [7, 11) is 0. The molecule has 0 unspecified atom stereocenters. The topological polar surface area (TPSA) is 43.8 Å². The largest absolute Gasteiger partial charge is 0.325 e. The number of hydrogen-bond acceptors (Lipinski definition) is 2. The lowest BCUT2D eigenvalue weighted by Crippen LogP contribution is -2.38. The van der Waals surface area contributed by atoms with Crippen LogP contribution in [0.5, 0.6) is 0 Å². The summed E-state index contributed by atoms with van der Waals surface area (Å²) >= 11 is 0. The summed E-state index contributed by atoms with van der Waals surface area (Å²) in [6.07, 6.45) is 9.99. The summed E-state index contributed by atoms with van der Waals surface area (Å²) in [5.41, 5.74) is 7.65. The summed E-state index contributed by atoms with van der Waals surface area (Å²) in [6, 6.07) is 0. The molecule has 14 heavy (non-hydrogen) atoms. The zero-order valence-corrected chi connectivity index (χ0v) is 8.87. The van der Waals surface area contributed by atoms with Crippen LogP contribution in [0.25, 0.3) is 0 Å². The molecule has 3 heteroatoms. The monoisotopic (exact) mass is 193 g/mol. The van der Waals surface area contributed by atoms with Gasteiger partial charge in [0.25, 0.3) is 0 Å². The predicted molar refractivity (Wildman–Crippen MR) is 57.0 cm³/mol. The summed E-state index contributed by atoms with van der Waals surface area (Å²) < 4.78 is 1.97. The van der Waals surface area contributed by atoms with Crippen molar-refractivity contribution in [2.24, 2.45) is 5.73 Å². The maximum atomic E-state index is 6.30. The summed E-state index contributed by atoms with van der Waals surface area (Å²) in [4.78, 5) is 0. The van der Waals surface area contributed by atoms with Crippen LogP contribution in [0.2, 0.25) is 0 Å². The number of nitrogens with zero attached hydrogens (tertiary/aromatic N) is 2. The number of aromatic nitrogens is 2. The first kappa shape index (κ1) is 9.71. The molecule has 0 aromatic carbocycles. The Kier molecular flexibility index (Phi) is 2.59. The second-order valence-corrected chi connectivity index (χ2v) is 4.45. The molecule has 0 atom stereocenters. The first-order chi connectivity index (χ1) is 6.72. The van der Waals surface area contributed by atoms with Crippen molar-refractivity contribution >= 4 is 0 Å². The molecule has 1 fully saturated rings. The van der Waals surface area contributed by atoms with E-state index in [-0.39, 0.29) is 5.54 Å². The Bertz CT molecular complexity index is 297. The van der Waals surface area contributed by atoms with E-state index in [2.05, 4.69) is 18.2 Å². The maximum absolute atomic E-state index is 6.30. The van der Waals surface area contributed by atoms with Crippen LogP contribution in [0.4, 0.5) is 0 Å². The van der Waals surface area contributed by atoms with Gasteiger partial charge >= 0.3 is 0 Å². The minimum atomic E-state index is 0.0571. The fourth-order valence-corrected chi connectivity index (χ4v) is 2.33. The van der Waals surface area contributed by atoms with Crippen molar-refractivity contribution in [2.45, 2.75) is 51.1 Å². The lowest BCUT2D eigenvalue weighted by molar-refractivity contribution is 0.436. The van der Waals surface area contributed by atoms with E-state index in [1.165, 1.54) is 31.2 Å². The Balaban J connectivity index is 2.02. The quantitative estimate of drug-likeness (QED) is 0.794. The van der Waals surface area contributed by atoms with Gasteiger partial charge in [0.15, 0.2) is 0 Å². The minimum Gasteiger partial charge on any atom is -0.325 e. The molecule has 1 aromatic rings. The minimum absolute atomic E-state index is 0.0571. The van der Waals surface area contributed by atoms with E-state index >= 15 is 0 Å². The zero-order valence-electron chi connectivity index (χ0n) is 8.87. The predicted octanol–water partition coefficient (Wildman–Crippen LogP) is 1.72. The second-order valence-electron chi connectivity index (χ2n) is 4.45. The van der Waals surface area contributed by atoms with E-state index in [0.29, 0.717) is 0 Å². The van der Waals surface area contributed by atoms with Gasteiger partial charge < -0.3 is 5.73 Å². The van der Waals surface area contributed by atoms with Crippen molar-refractivity contribution in [1.82, 2.24) is 9.78 Å². The Morgan fingerprint density at radius 1 is 1.50 bits per heavy atom. The van der Waals surface area contributed by atoms with Gasteiger partial charge in [0.2, 0.25) is 0 Å². The molecule has 3 nitrogen and oxygen atoms in total. The van der Waals surface area contributed by atoms with Gasteiger partial charge in [-0.25, -0.2) is 0 Å². The number of rotatable bonds is 3. The lowest BCUT2D eigenvalue weighted by Gasteiger charge is -2.22. The van der Waals surface area contributed by atoms with E-state index in [1.807, 2.05) is 10.9 Å². The van der Waals surface area contributed by atoms with Crippen molar-refractivity contribution in [2.75, 3.05) is 0 Å². The van der Waals surface area contributed by atoms with Crippen LogP contribution in [0, 0.1) is 0 Å². The van der Waals surface area contributed by atoms with Gasteiger partial charge in [-0.3, -0.25) is 4.68 Å². The molecular weight excluding hydrogens is 174 g/mol. The van der Waals surface area contributed by atoms with Gasteiger partial charge in [-0.2, -0.15) is 5.10 Å². The maximum Gasteiger partial charge on any atom is 0.0522 e. The van der Waals surface area contributed by atoms with E-state index in [1.54, 1.807) is 0 Å². The molecule has 1 saturated carbocycles. The normalized spacial score (nSPS) is 20.1. The molecule has 0 radical (unpaired) electrons. The number of nitrogens with two attached hydrogens (primary N) is 1. The standard InChI is InChI=1S/C11H19N3/c1-2-14-9-10(8-13-14)7-11(12)5-3-4-6-11/h8-9H,2-7,12H2,1H3. The highest BCUT2D eigenvalue weighted by molar-refractivity contribution is 5.10. The van der Waals surface area contributed by atoms with Gasteiger partial charge in [0.05, 0.1) is 6.20 Å². The van der Waals surface area contributed by atoms with E-state index in [4.69, 9.17) is 5.73 Å². The Morgan fingerprint density at radius 2 is 2.21 bits per heavy atom. The van der Waals surface area contributed by atoms with Crippen molar-refractivity contribution in [3.05, 3.63) is 18.0 Å². The van der Waals surface area contributed by atoms with E-state index < -0.39 is 0 Å². The van der Waals surface area contributed by atoms with Crippen LogP contribution in [-0.2, 0) is 13.0 Å². The van der Waals surface area contributed by atoms with E-state index in [0.717, 1.165) is 13.0 Å². The third-order valence-electron chi connectivity index (χ3n) is 3.17. The highest BCUT2D eigenvalue weighted by Gasteiger charge is 2.29. The molecule has 1 heterocycles. The van der Waals surface area contributed by atoms with Gasteiger partial charge in [-0.05, 0) is 31.7 Å². The average Bonchev–Trinajstić information content (AvgIpc) is 2.75. The molecule has 1 aliphatic rings. The Morgan fingerprint density at radius 3 is 2.79 bits per heavy atom. The van der Waals surface area contributed by atoms with Crippen LogP contribution < -0.4 is 5.73 Å². The van der Waals surface area contributed by atoms with Crippen LogP contribution in [0.3, 0.4) is 0 Å². The van der Waals surface area contributed by atoms with Crippen molar-refractivity contribution in [1.29, 1.82) is 0 Å². The molecule has 2 rings (SSSR count). The zero-order chi connectivity index (χ0) is 10.0. The fourth-order valence-electron chi connectivity index (χ4n) is 2.33. The SMILES string of the molecule is CCn1cc(CC2(N)CCCC2)cn1. The van der Waals surface area contributed by atoms with Crippen molar-refractivity contribution in [3.63, 3.8) is 0 Å². The van der Waals surface area contributed by atoms with Gasteiger partial charge in [-0.15, -0.1) is 0 Å². The molecule has 0 amide bonds. The third kappa shape index (κ3) is 1.98. The highest BCUT2D eigenvalue weighted by atomic mass is 15.3. The van der Waals surface area contributed by atoms with Crippen LogP contribution >= 0.6 is 0 Å². The lowest BCUT2D eigenvalue weighted by atomic mass is 9.92. The van der Waals surface area contributed by atoms with Crippen molar-refractivity contribution in [3.8, 4) is 0 Å². The Labute approximate surface area is 85.3 Å². The summed E-state index contributed by atoms with van der Waals surface area (Å²) in [5.74, 6) is 0. The Hall–Kier alpha value is -0.830. The summed E-state index contributed by atoms with van der Waals surface area (Å²) in [6.45, 7) is 3.04. The van der Waals surface area contributed by atoms with Crippen LogP contribution in [0.1, 0.15) is 38.2 Å². The molecule has 0 spiro atoms. The van der Waals surface area contributed by atoms with Gasteiger partial charge in [-0.1, -0.05) is 12.8 Å². The first-order valence-corrected chi connectivity index (χ1v) is 5.52. The summed E-state index contributed by atoms with van der Waals surface area (Å²) in [5, 5.41) is 4.27. The molecule has 1 aromatic heterocycles. The average molecular weight is 193 g/mol. The third-order valence-corrected chi connectivity index (χ3v) is 3.17. The van der Waals surface area contributed by atoms with Crippen LogP contribution in [0.15, 0.2) is 12.4 Å². The molecule has 0 bridgehead atoms. The molecule has 78 valence electrons. The van der Waals surface area contributed by atoms with Crippen molar-refractivity contribution < 1.29 is 0 Å². The molecule has 2 N–H and O–H groups in total. The number of hydrogen-bond donors (Lipinski definition) is 1. The molecule has 1 aliphatic carbocycles. The second kappa shape index (κ2) is 3.73. The smallest absolute Gasteiger partial charge is 0.0522 e. The first-order valence-electron chi connectivity index (χ1n) is 5.52. The molecular formula is C11H19N3.